The monoisotopic (exact) mass is 339 g/mol. The second kappa shape index (κ2) is 9.40. The van der Waals surface area contributed by atoms with Crippen LogP contribution < -0.4 is 10.2 Å². The number of hydrogen-bond donors (Lipinski definition) is 1. The topological polar surface area (TPSA) is 45.2 Å². The lowest BCUT2D eigenvalue weighted by Crippen LogP contribution is -2.44. The molecule has 7 heteroatoms. The Morgan fingerprint density at radius 3 is 2.60 bits per heavy atom. The van der Waals surface area contributed by atoms with E-state index in [-0.39, 0.29) is 30.6 Å². The summed E-state index contributed by atoms with van der Waals surface area (Å²) in [5.41, 5.74) is 0.612. The van der Waals surface area contributed by atoms with Crippen molar-refractivity contribution in [2.45, 2.75) is 19.8 Å². The lowest BCUT2D eigenvalue weighted by atomic mass is 10.1. The highest BCUT2D eigenvalue weighted by molar-refractivity contribution is 6.33. The fourth-order valence-corrected chi connectivity index (χ4v) is 2.35. The quantitative estimate of drug-likeness (QED) is 0.856. The smallest absolute Gasteiger partial charge is 0.164 e. The van der Waals surface area contributed by atoms with E-state index in [0.717, 1.165) is 38.4 Å². The SMILES string of the molecule is CCCC(=O)c1cnc(N2CCNCC2)c(Cl)c1.Cl.Cl. The Morgan fingerprint density at radius 1 is 1.40 bits per heavy atom. The first-order chi connectivity index (χ1) is 8.72. The van der Waals surface area contributed by atoms with E-state index in [4.69, 9.17) is 11.6 Å². The molecule has 20 heavy (non-hydrogen) atoms. The number of aromatic nitrogens is 1. The number of carbonyl (C=O) groups excluding carboxylic acids is 1. The number of anilines is 1. The molecule has 0 aromatic carbocycles. The molecule has 1 aliphatic rings. The number of ketones is 1. The van der Waals surface area contributed by atoms with Crippen molar-refractivity contribution in [2.75, 3.05) is 31.1 Å². The van der Waals surface area contributed by atoms with Gasteiger partial charge in [-0.1, -0.05) is 18.5 Å². The van der Waals surface area contributed by atoms with Crippen molar-refractivity contribution in [1.29, 1.82) is 0 Å². The van der Waals surface area contributed by atoms with E-state index in [9.17, 15) is 4.79 Å². The third kappa shape index (κ3) is 4.77. The van der Waals surface area contributed by atoms with E-state index in [0.29, 0.717) is 17.0 Å². The molecule has 1 aromatic rings. The highest BCUT2D eigenvalue weighted by atomic mass is 35.5. The van der Waals surface area contributed by atoms with Crippen molar-refractivity contribution < 1.29 is 4.79 Å². The molecular weight excluding hydrogens is 321 g/mol. The lowest BCUT2D eigenvalue weighted by Gasteiger charge is -2.29. The van der Waals surface area contributed by atoms with Crippen molar-refractivity contribution in [1.82, 2.24) is 10.3 Å². The zero-order chi connectivity index (χ0) is 13.0. The third-order valence-electron chi connectivity index (χ3n) is 3.04. The highest BCUT2D eigenvalue weighted by Gasteiger charge is 2.16. The minimum atomic E-state index is 0. The second-order valence-corrected chi connectivity index (χ2v) is 4.85. The molecule has 0 amide bonds. The zero-order valence-corrected chi connectivity index (χ0v) is 13.8. The minimum Gasteiger partial charge on any atom is -0.353 e. The average molecular weight is 341 g/mol. The standard InChI is InChI=1S/C13H18ClN3O.2ClH/c1-2-3-12(18)10-8-11(14)13(16-9-10)17-6-4-15-5-7-17;;/h8-9,15H,2-7H2,1H3;2*1H. The molecule has 2 rings (SSSR count). The molecule has 1 N–H and O–H groups in total. The molecule has 1 aromatic heterocycles. The Kier molecular flexibility index (Phi) is 9.14. The average Bonchev–Trinajstić information content (AvgIpc) is 2.40. The maximum Gasteiger partial charge on any atom is 0.164 e. The fraction of sp³-hybridized carbons (Fsp3) is 0.538. The second-order valence-electron chi connectivity index (χ2n) is 4.44. The van der Waals surface area contributed by atoms with E-state index in [1.807, 2.05) is 6.92 Å². The van der Waals surface area contributed by atoms with Crippen LogP contribution in [0.15, 0.2) is 12.3 Å². The van der Waals surface area contributed by atoms with Crippen LogP contribution in [0.25, 0.3) is 0 Å². The minimum absolute atomic E-state index is 0. The molecule has 0 aliphatic carbocycles. The molecule has 0 unspecified atom stereocenters. The van der Waals surface area contributed by atoms with Gasteiger partial charge in [-0.05, 0) is 12.5 Å². The number of carbonyl (C=O) groups is 1. The number of halogens is 3. The largest absolute Gasteiger partial charge is 0.353 e. The molecule has 1 saturated heterocycles. The van der Waals surface area contributed by atoms with Crippen LogP contribution in [-0.2, 0) is 0 Å². The summed E-state index contributed by atoms with van der Waals surface area (Å²) in [5.74, 6) is 0.893. The van der Waals surface area contributed by atoms with E-state index < -0.39 is 0 Å². The number of piperazine rings is 1. The van der Waals surface area contributed by atoms with Gasteiger partial charge in [-0.25, -0.2) is 4.98 Å². The van der Waals surface area contributed by atoms with E-state index >= 15 is 0 Å². The number of nitrogens with zero attached hydrogens (tertiary/aromatic N) is 2. The van der Waals surface area contributed by atoms with Gasteiger partial charge in [0.15, 0.2) is 5.78 Å². The van der Waals surface area contributed by atoms with Crippen molar-refractivity contribution in [3.8, 4) is 0 Å². The molecular formula is C13H20Cl3N3O. The Bertz CT molecular complexity index is 437. The van der Waals surface area contributed by atoms with Crippen LogP contribution in [0.3, 0.4) is 0 Å². The third-order valence-corrected chi connectivity index (χ3v) is 3.32. The normalized spacial score (nSPS) is 14.2. The summed E-state index contributed by atoms with van der Waals surface area (Å²) < 4.78 is 0. The van der Waals surface area contributed by atoms with Crippen LogP contribution in [0.1, 0.15) is 30.1 Å². The van der Waals surface area contributed by atoms with Gasteiger partial charge < -0.3 is 10.2 Å². The van der Waals surface area contributed by atoms with Gasteiger partial charge in [-0.15, -0.1) is 24.8 Å². The van der Waals surface area contributed by atoms with Crippen LogP contribution in [0.5, 0.6) is 0 Å². The summed E-state index contributed by atoms with van der Waals surface area (Å²) in [6.07, 6.45) is 3.03. The van der Waals surface area contributed by atoms with Crippen LogP contribution in [-0.4, -0.2) is 36.9 Å². The molecule has 1 aliphatic heterocycles. The zero-order valence-electron chi connectivity index (χ0n) is 11.4. The van der Waals surface area contributed by atoms with Gasteiger partial charge >= 0.3 is 0 Å². The van der Waals surface area contributed by atoms with E-state index in [1.165, 1.54) is 0 Å². The van der Waals surface area contributed by atoms with Gasteiger partial charge in [-0.2, -0.15) is 0 Å². The van der Waals surface area contributed by atoms with Gasteiger partial charge in [0.05, 0.1) is 5.02 Å². The van der Waals surface area contributed by atoms with Gasteiger partial charge in [0.25, 0.3) is 0 Å². The fourth-order valence-electron chi connectivity index (χ4n) is 2.06. The van der Waals surface area contributed by atoms with Gasteiger partial charge in [0, 0.05) is 44.4 Å². The Balaban J connectivity index is 0.00000180. The van der Waals surface area contributed by atoms with Crippen LogP contribution in [0, 0.1) is 0 Å². The molecule has 0 atom stereocenters. The summed E-state index contributed by atoms with van der Waals surface area (Å²) in [6, 6.07) is 1.74. The molecule has 0 spiro atoms. The van der Waals surface area contributed by atoms with Crippen molar-refractivity contribution >= 4 is 48.0 Å². The lowest BCUT2D eigenvalue weighted by molar-refractivity contribution is 0.0981. The number of pyridine rings is 1. The van der Waals surface area contributed by atoms with Crippen molar-refractivity contribution in [2.24, 2.45) is 0 Å². The molecule has 0 saturated carbocycles. The van der Waals surface area contributed by atoms with Gasteiger partial charge in [0.1, 0.15) is 5.82 Å². The summed E-state index contributed by atoms with van der Waals surface area (Å²) in [5, 5.41) is 3.85. The maximum absolute atomic E-state index is 11.8. The predicted molar refractivity (Wildman–Crippen MR) is 88.1 cm³/mol. The Morgan fingerprint density at radius 2 is 2.05 bits per heavy atom. The van der Waals surface area contributed by atoms with Crippen LogP contribution in [0.2, 0.25) is 5.02 Å². The Hall–Kier alpha value is -0.550. The van der Waals surface area contributed by atoms with Crippen LogP contribution >= 0.6 is 36.4 Å². The van der Waals surface area contributed by atoms with Crippen LogP contribution in [0.4, 0.5) is 5.82 Å². The number of hydrogen-bond acceptors (Lipinski definition) is 4. The molecule has 2 heterocycles. The van der Waals surface area contributed by atoms with E-state index in [2.05, 4.69) is 15.2 Å². The Labute approximate surface area is 137 Å². The van der Waals surface area contributed by atoms with Crippen molar-refractivity contribution in [3.63, 3.8) is 0 Å². The van der Waals surface area contributed by atoms with Crippen molar-refractivity contribution in [3.05, 3.63) is 22.8 Å². The number of rotatable bonds is 4. The molecule has 4 nitrogen and oxygen atoms in total. The first kappa shape index (κ1) is 19.4. The molecule has 1 fully saturated rings. The van der Waals surface area contributed by atoms with Gasteiger partial charge in [-0.3, -0.25) is 4.79 Å². The first-order valence-electron chi connectivity index (χ1n) is 6.36. The van der Waals surface area contributed by atoms with E-state index in [1.54, 1.807) is 12.3 Å². The molecule has 114 valence electrons. The number of Topliss-reactive ketones (excluding diaryl/α,β-unsaturated/α-hetero) is 1. The number of nitrogens with one attached hydrogen (secondary N) is 1. The maximum atomic E-state index is 11.8. The molecule has 0 radical (unpaired) electrons. The highest BCUT2D eigenvalue weighted by Crippen LogP contribution is 2.24. The predicted octanol–water partition coefficient (Wildman–Crippen LogP) is 2.97. The van der Waals surface area contributed by atoms with Gasteiger partial charge in [0.2, 0.25) is 0 Å². The summed E-state index contributed by atoms with van der Waals surface area (Å²) in [6.45, 7) is 5.66. The summed E-state index contributed by atoms with van der Waals surface area (Å²) >= 11 is 6.23. The molecule has 0 bridgehead atoms. The summed E-state index contributed by atoms with van der Waals surface area (Å²) in [7, 11) is 0. The summed E-state index contributed by atoms with van der Waals surface area (Å²) in [4.78, 5) is 18.3. The first-order valence-corrected chi connectivity index (χ1v) is 6.74.